The first-order valence-corrected chi connectivity index (χ1v) is 10.6. The Morgan fingerprint density at radius 1 is 1.23 bits per heavy atom. The minimum absolute atomic E-state index is 0.121. The average molecular weight is 418 g/mol. The molecule has 0 unspecified atom stereocenters. The lowest BCUT2D eigenvalue weighted by Crippen LogP contribution is -2.24. The molecule has 1 N–H and O–H groups in total. The van der Waals surface area contributed by atoms with Gasteiger partial charge >= 0.3 is 0 Å². The minimum atomic E-state index is -0.301. The molecule has 2 aromatic heterocycles. The fraction of sp³-hybridized carbons (Fsp3) is 0.174. The van der Waals surface area contributed by atoms with Crippen molar-refractivity contribution in [2.45, 2.75) is 24.9 Å². The smallest absolute Gasteiger partial charge is 0.230 e. The summed E-state index contributed by atoms with van der Waals surface area (Å²) in [7, 11) is 0. The molecule has 0 atom stereocenters. The number of hydrogen-bond acceptors (Lipinski definition) is 4. The Kier molecular flexibility index (Phi) is 5.68. The fourth-order valence-electron chi connectivity index (χ4n) is 3.35. The zero-order valence-corrected chi connectivity index (χ0v) is 17.2. The molecule has 4 rings (SSSR count). The van der Waals surface area contributed by atoms with Crippen molar-refractivity contribution in [2.75, 3.05) is 5.75 Å². The van der Waals surface area contributed by atoms with Gasteiger partial charge in [-0.25, -0.2) is 9.37 Å². The van der Waals surface area contributed by atoms with E-state index in [1.165, 1.54) is 23.9 Å². The van der Waals surface area contributed by atoms with Crippen LogP contribution < -0.4 is 5.32 Å². The Bertz CT molecular complexity index is 1270. The van der Waals surface area contributed by atoms with Crippen molar-refractivity contribution < 1.29 is 9.18 Å². The quantitative estimate of drug-likeness (QED) is 0.469. The number of rotatable bonds is 6. The van der Waals surface area contributed by atoms with Crippen LogP contribution in [0.3, 0.4) is 0 Å². The van der Waals surface area contributed by atoms with Gasteiger partial charge in [0.15, 0.2) is 5.65 Å². The number of amides is 1. The Balaban J connectivity index is 1.59. The van der Waals surface area contributed by atoms with Crippen LogP contribution in [-0.4, -0.2) is 21.0 Å². The van der Waals surface area contributed by atoms with E-state index in [2.05, 4.69) is 16.4 Å². The van der Waals surface area contributed by atoms with Crippen molar-refractivity contribution in [2.24, 2.45) is 0 Å². The second-order valence-electron chi connectivity index (χ2n) is 6.80. The van der Waals surface area contributed by atoms with E-state index in [0.717, 1.165) is 27.2 Å². The molecule has 2 aromatic carbocycles. The molecule has 30 heavy (non-hydrogen) atoms. The molecule has 5 nitrogen and oxygen atoms in total. The maximum absolute atomic E-state index is 13.0. The van der Waals surface area contributed by atoms with Crippen LogP contribution >= 0.6 is 11.8 Å². The van der Waals surface area contributed by atoms with Crippen LogP contribution in [0, 0.1) is 17.1 Å². The summed E-state index contributed by atoms with van der Waals surface area (Å²) in [5, 5.41) is 13.4. The molecule has 4 aromatic rings. The van der Waals surface area contributed by atoms with E-state index >= 15 is 0 Å². The zero-order valence-electron chi connectivity index (χ0n) is 16.4. The Hall–Kier alpha value is -3.37. The van der Waals surface area contributed by atoms with Crippen LogP contribution in [0.5, 0.6) is 0 Å². The van der Waals surface area contributed by atoms with Gasteiger partial charge in [0.05, 0.1) is 27.4 Å². The number of pyridine rings is 1. The molecule has 0 aliphatic heterocycles. The second kappa shape index (κ2) is 8.56. The van der Waals surface area contributed by atoms with Crippen molar-refractivity contribution >= 4 is 34.3 Å². The largest absolute Gasteiger partial charge is 0.351 e. The van der Waals surface area contributed by atoms with Gasteiger partial charge in [0.2, 0.25) is 5.91 Å². The molecule has 0 aliphatic rings. The third-order valence-corrected chi connectivity index (χ3v) is 5.87. The van der Waals surface area contributed by atoms with Crippen molar-refractivity contribution in [3.63, 3.8) is 0 Å². The van der Waals surface area contributed by atoms with Gasteiger partial charge in [-0.2, -0.15) is 5.26 Å². The van der Waals surface area contributed by atoms with Gasteiger partial charge in [0.1, 0.15) is 11.9 Å². The summed E-state index contributed by atoms with van der Waals surface area (Å²) in [6.07, 6.45) is 0.701. The first-order valence-electron chi connectivity index (χ1n) is 9.57. The van der Waals surface area contributed by atoms with Gasteiger partial charge in [-0.3, -0.25) is 9.20 Å². The average Bonchev–Trinajstić information content (AvgIpc) is 3.16. The highest BCUT2D eigenvalue weighted by Gasteiger charge is 2.17. The molecule has 0 fully saturated rings. The van der Waals surface area contributed by atoms with E-state index in [1.54, 1.807) is 12.1 Å². The zero-order chi connectivity index (χ0) is 21.1. The van der Waals surface area contributed by atoms with Gasteiger partial charge in [0.25, 0.3) is 0 Å². The number of para-hydroxylation sites is 2. The number of nitriles is 1. The SMILES string of the molecule is CCc1cc(SCC(=O)NCc2ccc(F)cc2)n2c(nc3ccccc32)c1C#N. The van der Waals surface area contributed by atoms with Crippen LogP contribution in [0.1, 0.15) is 23.6 Å². The van der Waals surface area contributed by atoms with Crippen LogP contribution in [0.2, 0.25) is 0 Å². The first kappa shape index (κ1) is 19.9. The molecule has 1 amide bonds. The van der Waals surface area contributed by atoms with Crippen molar-refractivity contribution in [1.82, 2.24) is 14.7 Å². The predicted molar refractivity (Wildman–Crippen MR) is 116 cm³/mol. The number of imidazole rings is 1. The number of hydrogen-bond donors (Lipinski definition) is 1. The Morgan fingerprint density at radius 3 is 2.73 bits per heavy atom. The van der Waals surface area contributed by atoms with E-state index in [9.17, 15) is 14.4 Å². The highest BCUT2D eigenvalue weighted by atomic mass is 32.2. The lowest BCUT2D eigenvalue weighted by Gasteiger charge is -2.11. The summed E-state index contributed by atoms with van der Waals surface area (Å²) in [4.78, 5) is 17.1. The van der Waals surface area contributed by atoms with E-state index < -0.39 is 0 Å². The second-order valence-corrected chi connectivity index (χ2v) is 7.80. The van der Waals surface area contributed by atoms with Crippen molar-refractivity contribution in [3.05, 3.63) is 77.1 Å². The number of halogens is 1. The Labute approximate surface area is 177 Å². The normalized spacial score (nSPS) is 11.0. The van der Waals surface area contributed by atoms with Gasteiger partial charge in [0, 0.05) is 6.54 Å². The monoisotopic (exact) mass is 418 g/mol. The minimum Gasteiger partial charge on any atom is -0.351 e. The topological polar surface area (TPSA) is 70.2 Å². The molecule has 0 bridgehead atoms. The summed E-state index contributed by atoms with van der Waals surface area (Å²) >= 11 is 1.41. The van der Waals surface area contributed by atoms with Crippen LogP contribution in [0.15, 0.2) is 59.6 Å². The maximum Gasteiger partial charge on any atom is 0.230 e. The number of carbonyl (C=O) groups excluding carboxylic acids is 1. The molecule has 150 valence electrons. The van der Waals surface area contributed by atoms with E-state index in [1.807, 2.05) is 41.7 Å². The third kappa shape index (κ3) is 3.87. The van der Waals surface area contributed by atoms with Gasteiger partial charge in [-0.1, -0.05) is 43.0 Å². The molecule has 0 saturated carbocycles. The molecule has 7 heteroatoms. The number of carbonyl (C=O) groups is 1. The number of fused-ring (bicyclic) bond motifs is 3. The van der Waals surface area contributed by atoms with Gasteiger partial charge < -0.3 is 5.32 Å². The highest BCUT2D eigenvalue weighted by Crippen LogP contribution is 2.29. The molecular weight excluding hydrogens is 399 g/mol. The number of aryl methyl sites for hydroxylation is 1. The summed E-state index contributed by atoms with van der Waals surface area (Å²) in [6.45, 7) is 2.34. The summed E-state index contributed by atoms with van der Waals surface area (Å²) in [6, 6.07) is 18.0. The molecular formula is C23H19FN4OS. The molecule has 0 radical (unpaired) electrons. The number of aromatic nitrogens is 2. The lowest BCUT2D eigenvalue weighted by atomic mass is 10.1. The van der Waals surface area contributed by atoms with E-state index in [4.69, 9.17) is 0 Å². The fourth-order valence-corrected chi connectivity index (χ4v) is 4.27. The molecule has 2 heterocycles. The van der Waals surface area contributed by atoms with E-state index in [0.29, 0.717) is 24.2 Å². The summed E-state index contributed by atoms with van der Waals surface area (Å²) < 4.78 is 15.0. The first-order chi connectivity index (χ1) is 14.6. The number of nitrogens with zero attached hydrogens (tertiary/aromatic N) is 3. The van der Waals surface area contributed by atoms with Gasteiger partial charge in [-0.15, -0.1) is 0 Å². The third-order valence-electron chi connectivity index (χ3n) is 4.87. The summed E-state index contributed by atoms with van der Waals surface area (Å²) in [5.74, 6) is -0.202. The van der Waals surface area contributed by atoms with Gasteiger partial charge in [-0.05, 0) is 47.9 Å². The lowest BCUT2D eigenvalue weighted by molar-refractivity contribution is -0.118. The van der Waals surface area contributed by atoms with Crippen LogP contribution in [0.4, 0.5) is 4.39 Å². The molecule has 0 saturated heterocycles. The van der Waals surface area contributed by atoms with Crippen LogP contribution in [-0.2, 0) is 17.8 Å². The van der Waals surface area contributed by atoms with Crippen molar-refractivity contribution in [3.8, 4) is 6.07 Å². The highest BCUT2D eigenvalue weighted by molar-refractivity contribution is 7.99. The number of thioether (sulfide) groups is 1. The standard InChI is InChI=1S/C23H19FN4OS/c1-2-16-11-22(30-14-21(29)26-13-15-7-9-17(24)10-8-15)28-20-6-4-3-5-19(20)27-23(28)18(16)12-25/h3-11H,2,13-14H2,1H3,(H,26,29). The predicted octanol–water partition coefficient (Wildman–Crippen LogP) is 4.47. The Morgan fingerprint density at radius 2 is 2.00 bits per heavy atom. The number of nitrogens with one attached hydrogen (secondary N) is 1. The van der Waals surface area contributed by atoms with E-state index in [-0.39, 0.29) is 17.5 Å². The molecule has 0 spiro atoms. The van der Waals surface area contributed by atoms with Crippen molar-refractivity contribution in [1.29, 1.82) is 5.26 Å². The maximum atomic E-state index is 13.0. The van der Waals surface area contributed by atoms with Crippen LogP contribution in [0.25, 0.3) is 16.7 Å². The summed E-state index contributed by atoms with van der Waals surface area (Å²) in [5.41, 5.74) is 4.65. The molecule has 0 aliphatic carbocycles. The number of benzene rings is 2.